The molecular formula is C14H18ClFO4S. The molecule has 0 amide bonds. The molecule has 0 spiro atoms. The molecule has 0 aliphatic carbocycles. The van der Waals surface area contributed by atoms with Crippen LogP contribution in [0.5, 0.6) is 0 Å². The Labute approximate surface area is 128 Å². The number of carbonyl (C=O) groups is 1. The van der Waals surface area contributed by atoms with E-state index < -0.39 is 25.7 Å². The van der Waals surface area contributed by atoms with Crippen LogP contribution in [0, 0.1) is 18.7 Å². The Morgan fingerprint density at radius 1 is 1.38 bits per heavy atom. The number of hydrogen-bond acceptors (Lipinski definition) is 4. The van der Waals surface area contributed by atoms with Gasteiger partial charge in [0.05, 0.1) is 12.2 Å². The Morgan fingerprint density at radius 2 is 2.00 bits per heavy atom. The zero-order chi connectivity index (χ0) is 16.2. The highest BCUT2D eigenvalue weighted by Crippen LogP contribution is 2.24. The van der Waals surface area contributed by atoms with Gasteiger partial charge in [-0.25, -0.2) is 17.6 Å². The number of ether oxygens (including phenoxy) is 1. The Hall–Kier alpha value is -1.14. The van der Waals surface area contributed by atoms with Gasteiger partial charge in [-0.05, 0) is 43.4 Å². The monoisotopic (exact) mass is 336 g/mol. The summed E-state index contributed by atoms with van der Waals surface area (Å²) in [7, 11) is 0.895. The van der Waals surface area contributed by atoms with E-state index in [-0.39, 0.29) is 17.7 Å². The molecule has 0 heterocycles. The van der Waals surface area contributed by atoms with E-state index in [0.717, 1.165) is 12.5 Å². The van der Waals surface area contributed by atoms with Crippen LogP contribution in [0.1, 0.15) is 42.6 Å². The molecule has 0 fully saturated rings. The van der Waals surface area contributed by atoms with Crippen molar-refractivity contribution in [1.82, 2.24) is 0 Å². The lowest BCUT2D eigenvalue weighted by molar-refractivity contribution is 0.0494. The quantitative estimate of drug-likeness (QED) is 0.452. The maximum absolute atomic E-state index is 13.7. The van der Waals surface area contributed by atoms with Crippen molar-refractivity contribution >= 4 is 25.7 Å². The SMILES string of the molecule is Cc1cc(C(=O)OCCCC(C)C)cc(S(=O)(=O)Cl)c1F. The molecule has 21 heavy (non-hydrogen) atoms. The van der Waals surface area contributed by atoms with Crippen molar-refractivity contribution in [2.75, 3.05) is 6.61 Å². The van der Waals surface area contributed by atoms with E-state index in [1.54, 1.807) is 0 Å². The minimum absolute atomic E-state index is 0.0193. The van der Waals surface area contributed by atoms with E-state index in [1.807, 2.05) is 0 Å². The molecule has 0 aliphatic rings. The third-order valence-corrected chi connectivity index (χ3v) is 4.20. The molecule has 118 valence electrons. The van der Waals surface area contributed by atoms with Crippen LogP contribution in [0.3, 0.4) is 0 Å². The Balaban J connectivity index is 2.89. The van der Waals surface area contributed by atoms with Gasteiger partial charge in [0.1, 0.15) is 10.7 Å². The van der Waals surface area contributed by atoms with Crippen molar-refractivity contribution in [3.8, 4) is 0 Å². The van der Waals surface area contributed by atoms with Crippen LogP contribution in [0.25, 0.3) is 0 Å². The van der Waals surface area contributed by atoms with Crippen LogP contribution in [-0.4, -0.2) is 21.0 Å². The van der Waals surface area contributed by atoms with Gasteiger partial charge in [0, 0.05) is 10.7 Å². The van der Waals surface area contributed by atoms with Crippen molar-refractivity contribution in [3.63, 3.8) is 0 Å². The number of esters is 1. The lowest BCUT2D eigenvalue weighted by Gasteiger charge is -2.09. The summed E-state index contributed by atoms with van der Waals surface area (Å²) in [6.45, 7) is 5.71. The number of benzene rings is 1. The largest absolute Gasteiger partial charge is 0.462 e. The Morgan fingerprint density at radius 3 is 2.52 bits per heavy atom. The second kappa shape index (κ2) is 7.22. The number of aryl methyl sites for hydroxylation is 1. The molecule has 0 bridgehead atoms. The van der Waals surface area contributed by atoms with Gasteiger partial charge in [0.15, 0.2) is 0 Å². The fraction of sp³-hybridized carbons (Fsp3) is 0.500. The van der Waals surface area contributed by atoms with Gasteiger partial charge in [0.25, 0.3) is 9.05 Å². The summed E-state index contributed by atoms with van der Waals surface area (Å²) < 4.78 is 41.3. The van der Waals surface area contributed by atoms with Gasteiger partial charge in [-0.15, -0.1) is 0 Å². The van der Waals surface area contributed by atoms with Gasteiger partial charge in [-0.1, -0.05) is 13.8 Å². The van der Waals surface area contributed by atoms with Crippen molar-refractivity contribution in [3.05, 3.63) is 29.1 Å². The highest BCUT2D eigenvalue weighted by molar-refractivity contribution is 8.13. The van der Waals surface area contributed by atoms with Crippen LogP contribution in [0.15, 0.2) is 17.0 Å². The van der Waals surface area contributed by atoms with E-state index in [2.05, 4.69) is 13.8 Å². The van der Waals surface area contributed by atoms with Crippen molar-refractivity contribution in [2.45, 2.75) is 38.5 Å². The van der Waals surface area contributed by atoms with E-state index in [0.29, 0.717) is 12.3 Å². The van der Waals surface area contributed by atoms with E-state index >= 15 is 0 Å². The molecule has 0 aliphatic heterocycles. The van der Waals surface area contributed by atoms with Gasteiger partial charge in [0.2, 0.25) is 0 Å². The lowest BCUT2D eigenvalue weighted by Crippen LogP contribution is -2.10. The summed E-state index contributed by atoms with van der Waals surface area (Å²) in [4.78, 5) is 11.1. The van der Waals surface area contributed by atoms with Crippen molar-refractivity contribution in [2.24, 2.45) is 5.92 Å². The maximum atomic E-state index is 13.7. The molecule has 0 aromatic heterocycles. The van der Waals surface area contributed by atoms with E-state index in [1.165, 1.54) is 13.0 Å². The number of halogens is 2. The van der Waals surface area contributed by atoms with Gasteiger partial charge >= 0.3 is 5.97 Å². The second-order valence-electron chi connectivity index (χ2n) is 5.22. The lowest BCUT2D eigenvalue weighted by atomic mass is 10.1. The highest BCUT2D eigenvalue weighted by atomic mass is 35.7. The third kappa shape index (κ3) is 5.28. The number of rotatable bonds is 6. The summed E-state index contributed by atoms with van der Waals surface area (Å²) in [5.74, 6) is -1.14. The average Bonchev–Trinajstić information content (AvgIpc) is 2.35. The molecule has 1 rings (SSSR count). The summed E-state index contributed by atoms with van der Waals surface area (Å²) in [5, 5.41) is 0. The summed E-state index contributed by atoms with van der Waals surface area (Å²) in [5.41, 5.74) is -0.0106. The van der Waals surface area contributed by atoms with Gasteiger partial charge in [-0.3, -0.25) is 0 Å². The summed E-state index contributed by atoms with van der Waals surface area (Å²) >= 11 is 0. The van der Waals surface area contributed by atoms with Crippen LogP contribution >= 0.6 is 10.7 Å². The fourth-order valence-corrected chi connectivity index (χ4v) is 2.75. The second-order valence-corrected chi connectivity index (χ2v) is 7.75. The molecule has 0 unspecified atom stereocenters. The predicted octanol–water partition coefficient (Wildman–Crippen LogP) is 3.65. The molecular weight excluding hydrogens is 319 g/mol. The van der Waals surface area contributed by atoms with Crippen molar-refractivity contribution in [1.29, 1.82) is 0 Å². The number of hydrogen-bond donors (Lipinski definition) is 0. The van der Waals surface area contributed by atoms with Crippen molar-refractivity contribution < 1.29 is 22.3 Å². The molecule has 0 saturated carbocycles. The normalized spacial score (nSPS) is 11.7. The fourth-order valence-electron chi connectivity index (χ4n) is 1.77. The standard InChI is InChI=1S/C14H18ClFO4S/c1-9(2)5-4-6-20-14(17)11-7-10(3)13(16)12(8-11)21(15,18)19/h7-9H,4-6H2,1-3H3. The van der Waals surface area contributed by atoms with E-state index in [9.17, 15) is 17.6 Å². The third-order valence-electron chi connectivity index (χ3n) is 2.88. The van der Waals surface area contributed by atoms with E-state index in [4.69, 9.17) is 15.4 Å². The first-order valence-corrected chi connectivity index (χ1v) is 8.85. The number of carbonyl (C=O) groups excluding carboxylic acids is 1. The Kier molecular flexibility index (Phi) is 6.16. The molecule has 0 N–H and O–H groups in total. The van der Waals surface area contributed by atoms with Crippen LogP contribution in [0.2, 0.25) is 0 Å². The minimum Gasteiger partial charge on any atom is -0.462 e. The molecule has 0 saturated heterocycles. The van der Waals surface area contributed by atoms with Gasteiger partial charge in [-0.2, -0.15) is 0 Å². The smallest absolute Gasteiger partial charge is 0.338 e. The van der Waals surface area contributed by atoms with Crippen LogP contribution < -0.4 is 0 Å². The molecule has 0 atom stereocenters. The average molecular weight is 337 g/mol. The molecule has 1 aromatic rings. The molecule has 7 heteroatoms. The first-order chi connectivity index (χ1) is 9.62. The highest BCUT2D eigenvalue weighted by Gasteiger charge is 2.21. The summed E-state index contributed by atoms with van der Waals surface area (Å²) in [6, 6.07) is 2.14. The Bertz CT molecular complexity index is 626. The first-order valence-electron chi connectivity index (χ1n) is 6.55. The predicted molar refractivity (Wildman–Crippen MR) is 78.5 cm³/mol. The molecule has 4 nitrogen and oxygen atoms in total. The summed E-state index contributed by atoms with van der Waals surface area (Å²) in [6.07, 6.45) is 1.63. The maximum Gasteiger partial charge on any atom is 0.338 e. The molecule has 1 aromatic carbocycles. The minimum atomic E-state index is -4.26. The molecule has 0 radical (unpaired) electrons. The zero-order valence-corrected chi connectivity index (χ0v) is 13.7. The van der Waals surface area contributed by atoms with Crippen LogP contribution in [-0.2, 0) is 13.8 Å². The topological polar surface area (TPSA) is 60.4 Å². The zero-order valence-electron chi connectivity index (χ0n) is 12.2. The van der Waals surface area contributed by atoms with Crippen LogP contribution in [0.4, 0.5) is 4.39 Å². The first kappa shape index (κ1) is 17.9. The van der Waals surface area contributed by atoms with Gasteiger partial charge < -0.3 is 4.74 Å².